The molecular formula is C9H11N5. The predicted octanol–water partition coefficient (Wildman–Crippen LogP) is 1.09. The van der Waals surface area contributed by atoms with Crippen molar-refractivity contribution in [3.63, 3.8) is 0 Å². The summed E-state index contributed by atoms with van der Waals surface area (Å²) in [6, 6.07) is 3.76. The van der Waals surface area contributed by atoms with Crippen LogP contribution in [-0.2, 0) is 0 Å². The van der Waals surface area contributed by atoms with Crippen molar-refractivity contribution in [2.45, 2.75) is 6.92 Å². The highest BCUT2D eigenvalue weighted by Crippen LogP contribution is 2.05. The molecule has 2 heterocycles. The zero-order chi connectivity index (χ0) is 9.80. The van der Waals surface area contributed by atoms with Crippen molar-refractivity contribution in [2.24, 2.45) is 0 Å². The van der Waals surface area contributed by atoms with Gasteiger partial charge in [-0.3, -0.25) is 4.98 Å². The second-order valence-electron chi connectivity index (χ2n) is 2.75. The highest BCUT2D eigenvalue weighted by atomic mass is 15.4. The van der Waals surface area contributed by atoms with Gasteiger partial charge in [0.2, 0.25) is 5.95 Å². The van der Waals surface area contributed by atoms with Gasteiger partial charge in [-0.2, -0.15) is 0 Å². The van der Waals surface area contributed by atoms with Crippen LogP contribution in [0.2, 0.25) is 0 Å². The van der Waals surface area contributed by atoms with E-state index in [1.54, 1.807) is 23.4 Å². The summed E-state index contributed by atoms with van der Waals surface area (Å²) in [7, 11) is 0. The van der Waals surface area contributed by atoms with E-state index >= 15 is 0 Å². The van der Waals surface area contributed by atoms with Gasteiger partial charge in [0.25, 0.3) is 0 Å². The Bertz CT molecular complexity index is 395. The number of nitrogens with zero attached hydrogens (tertiary/aromatic N) is 4. The molecule has 14 heavy (non-hydrogen) atoms. The summed E-state index contributed by atoms with van der Waals surface area (Å²) >= 11 is 0. The lowest BCUT2D eigenvalue weighted by molar-refractivity contribution is 0.875. The van der Waals surface area contributed by atoms with Crippen LogP contribution in [0.15, 0.2) is 30.9 Å². The molecule has 2 aromatic heterocycles. The van der Waals surface area contributed by atoms with Gasteiger partial charge in [-0.25, -0.2) is 9.67 Å². The molecule has 2 rings (SSSR count). The molecule has 2 aromatic rings. The van der Waals surface area contributed by atoms with Gasteiger partial charge in [-0.15, -0.1) is 5.10 Å². The van der Waals surface area contributed by atoms with Crippen LogP contribution in [0.25, 0.3) is 5.69 Å². The summed E-state index contributed by atoms with van der Waals surface area (Å²) in [4.78, 5) is 8.04. The first-order valence-corrected chi connectivity index (χ1v) is 4.46. The molecule has 0 saturated carbocycles. The monoisotopic (exact) mass is 189 g/mol. The molecular weight excluding hydrogens is 178 g/mol. The van der Waals surface area contributed by atoms with Crippen LogP contribution in [0.3, 0.4) is 0 Å². The fourth-order valence-corrected chi connectivity index (χ4v) is 1.12. The van der Waals surface area contributed by atoms with Gasteiger partial charge in [-0.1, -0.05) is 0 Å². The van der Waals surface area contributed by atoms with Gasteiger partial charge in [0.15, 0.2) is 0 Å². The summed E-state index contributed by atoms with van der Waals surface area (Å²) in [5.74, 6) is 0.643. The molecule has 0 radical (unpaired) electrons. The maximum Gasteiger partial charge on any atom is 0.242 e. The number of pyridine rings is 1. The third kappa shape index (κ3) is 1.71. The Hall–Kier alpha value is -1.91. The minimum absolute atomic E-state index is 0.643. The van der Waals surface area contributed by atoms with Crippen LogP contribution in [0, 0.1) is 0 Å². The van der Waals surface area contributed by atoms with E-state index in [0.29, 0.717) is 5.95 Å². The van der Waals surface area contributed by atoms with E-state index < -0.39 is 0 Å². The molecule has 0 fully saturated rings. The first-order chi connectivity index (χ1) is 6.90. The van der Waals surface area contributed by atoms with E-state index in [0.717, 1.165) is 12.2 Å². The molecule has 5 heteroatoms. The topological polar surface area (TPSA) is 55.6 Å². The summed E-state index contributed by atoms with van der Waals surface area (Å²) < 4.78 is 1.71. The number of aromatic nitrogens is 4. The van der Waals surface area contributed by atoms with Crippen molar-refractivity contribution in [2.75, 3.05) is 11.9 Å². The first-order valence-electron chi connectivity index (χ1n) is 4.46. The van der Waals surface area contributed by atoms with Gasteiger partial charge in [0.05, 0.1) is 5.69 Å². The van der Waals surface area contributed by atoms with Gasteiger partial charge >= 0.3 is 0 Å². The Balaban J connectivity index is 2.25. The third-order valence-corrected chi connectivity index (χ3v) is 1.75. The molecule has 0 saturated heterocycles. The van der Waals surface area contributed by atoms with Gasteiger partial charge in [-0.05, 0) is 19.1 Å². The quantitative estimate of drug-likeness (QED) is 0.785. The predicted molar refractivity (Wildman–Crippen MR) is 53.3 cm³/mol. The van der Waals surface area contributed by atoms with Crippen LogP contribution in [0.1, 0.15) is 6.92 Å². The molecule has 0 bridgehead atoms. The SMILES string of the molecule is CCNc1ncn(-c2ccncc2)n1. The number of rotatable bonds is 3. The Labute approximate surface area is 81.8 Å². The third-order valence-electron chi connectivity index (χ3n) is 1.75. The Morgan fingerprint density at radius 1 is 1.36 bits per heavy atom. The average Bonchev–Trinajstić information content (AvgIpc) is 2.68. The fraction of sp³-hybridized carbons (Fsp3) is 0.222. The van der Waals surface area contributed by atoms with E-state index in [4.69, 9.17) is 0 Å². The number of hydrogen-bond donors (Lipinski definition) is 1. The Morgan fingerprint density at radius 3 is 2.86 bits per heavy atom. The van der Waals surface area contributed by atoms with Gasteiger partial charge < -0.3 is 5.32 Å². The standard InChI is InChI=1S/C9H11N5/c1-2-11-9-12-7-14(13-9)8-3-5-10-6-4-8/h3-7H,2H2,1H3,(H,11,13). The van der Waals surface area contributed by atoms with Crippen LogP contribution in [-0.4, -0.2) is 26.3 Å². The molecule has 0 aromatic carbocycles. The number of nitrogens with one attached hydrogen (secondary N) is 1. The zero-order valence-corrected chi connectivity index (χ0v) is 7.88. The molecule has 0 amide bonds. The molecule has 0 aliphatic heterocycles. The summed E-state index contributed by atoms with van der Waals surface area (Å²) in [6.07, 6.45) is 5.13. The lowest BCUT2D eigenvalue weighted by atomic mass is 10.4. The molecule has 1 N–H and O–H groups in total. The second kappa shape index (κ2) is 3.87. The molecule has 0 aliphatic carbocycles. The lowest BCUT2D eigenvalue weighted by Gasteiger charge is -1.97. The largest absolute Gasteiger partial charge is 0.353 e. The molecule has 0 unspecified atom stereocenters. The normalized spacial score (nSPS) is 10.1. The number of anilines is 1. The van der Waals surface area contributed by atoms with E-state index in [1.165, 1.54) is 0 Å². The zero-order valence-electron chi connectivity index (χ0n) is 7.88. The second-order valence-corrected chi connectivity index (χ2v) is 2.75. The highest BCUT2D eigenvalue weighted by molar-refractivity contribution is 5.30. The fourth-order valence-electron chi connectivity index (χ4n) is 1.12. The van der Waals surface area contributed by atoms with E-state index in [-0.39, 0.29) is 0 Å². The van der Waals surface area contributed by atoms with Crippen molar-refractivity contribution in [3.05, 3.63) is 30.9 Å². The van der Waals surface area contributed by atoms with Crippen LogP contribution >= 0.6 is 0 Å². The average molecular weight is 189 g/mol. The van der Waals surface area contributed by atoms with Crippen molar-refractivity contribution in [3.8, 4) is 5.69 Å². The summed E-state index contributed by atoms with van der Waals surface area (Å²) in [6.45, 7) is 2.83. The molecule has 0 aliphatic rings. The van der Waals surface area contributed by atoms with Crippen LogP contribution in [0.5, 0.6) is 0 Å². The molecule has 72 valence electrons. The maximum atomic E-state index is 4.24. The molecule has 0 spiro atoms. The van der Waals surface area contributed by atoms with Gasteiger partial charge in [0.1, 0.15) is 6.33 Å². The summed E-state index contributed by atoms with van der Waals surface area (Å²) in [5, 5.41) is 7.28. The minimum atomic E-state index is 0.643. The maximum absolute atomic E-state index is 4.24. The Kier molecular flexibility index (Phi) is 2.40. The van der Waals surface area contributed by atoms with Crippen molar-refractivity contribution >= 4 is 5.95 Å². The Morgan fingerprint density at radius 2 is 2.14 bits per heavy atom. The van der Waals surface area contributed by atoms with Crippen LogP contribution in [0.4, 0.5) is 5.95 Å². The van der Waals surface area contributed by atoms with E-state index in [1.807, 2.05) is 19.1 Å². The number of hydrogen-bond acceptors (Lipinski definition) is 4. The summed E-state index contributed by atoms with van der Waals surface area (Å²) in [5.41, 5.74) is 0.955. The van der Waals surface area contributed by atoms with Crippen molar-refractivity contribution in [1.29, 1.82) is 0 Å². The smallest absolute Gasteiger partial charge is 0.242 e. The molecule has 0 atom stereocenters. The van der Waals surface area contributed by atoms with Crippen molar-refractivity contribution < 1.29 is 0 Å². The molecule has 5 nitrogen and oxygen atoms in total. The lowest BCUT2D eigenvalue weighted by Crippen LogP contribution is -2.00. The minimum Gasteiger partial charge on any atom is -0.353 e. The van der Waals surface area contributed by atoms with Gasteiger partial charge in [0, 0.05) is 18.9 Å². The van der Waals surface area contributed by atoms with E-state index in [2.05, 4.69) is 20.4 Å². The highest BCUT2D eigenvalue weighted by Gasteiger charge is 1.99. The van der Waals surface area contributed by atoms with E-state index in [9.17, 15) is 0 Å². The van der Waals surface area contributed by atoms with Crippen molar-refractivity contribution in [1.82, 2.24) is 19.7 Å². The first kappa shape index (κ1) is 8.68. The van der Waals surface area contributed by atoms with Crippen LogP contribution < -0.4 is 5.32 Å².